The zero-order valence-electron chi connectivity index (χ0n) is 25.0. The van der Waals surface area contributed by atoms with E-state index in [9.17, 15) is 9.18 Å². The molecule has 216 valence electrons. The molecule has 6 heteroatoms. The molecule has 1 N–H and O–H groups in total. The largest absolute Gasteiger partial charge is 0.496 e. The van der Waals surface area contributed by atoms with E-state index in [1.165, 1.54) is 18.4 Å². The zero-order chi connectivity index (χ0) is 29.4. The van der Waals surface area contributed by atoms with Crippen molar-refractivity contribution in [3.63, 3.8) is 0 Å². The maximum Gasteiger partial charge on any atom is 0.207 e. The Bertz CT molecular complexity index is 977. The van der Waals surface area contributed by atoms with E-state index in [0.717, 1.165) is 68.8 Å². The second-order valence-electron chi connectivity index (χ2n) is 9.82. The number of rotatable bonds is 11. The normalized spacial score (nSPS) is 17.8. The summed E-state index contributed by atoms with van der Waals surface area (Å²) in [6, 6.07) is 7.94. The minimum atomic E-state index is 0.271. The molecule has 2 rings (SSSR count). The number of hydrogen-bond acceptors (Lipinski definition) is 4. The summed E-state index contributed by atoms with van der Waals surface area (Å²) in [4.78, 5) is 16.0. The molecule has 1 saturated heterocycles. The highest BCUT2D eigenvalue weighted by molar-refractivity contribution is 5.84. The summed E-state index contributed by atoms with van der Waals surface area (Å²) in [5.41, 5.74) is 6.30. The highest BCUT2D eigenvalue weighted by atomic mass is 19.1. The Hall–Kier alpha value is -3.21. The molecule has 1 atom stereocenters. The number of allylic oxidation sites excluding steroid dienone is 4. The van der Waals surface area contributed by atoms with Gasteiger partial charge in [-0.3, -0.25) is 14.7 Å². The van der Waals surface area contributed by atoms with E-state index in [1.807, 2.05) is 63.3 Å². The minimum absolute atomic E-state index is 0.271. The van der Waals surface area contributed by atoms with Gasteiger partial charge in [0.15, 0.2) is 0 Å². The lowest BCUT2D eigenvalue weighted by atomic mass is 9.78. The van der Waals surface area contributed by atoms with Crippen LogP contribution >= 0.6 is 0 Å². The number of amides is 1. The number of aryl methyl sites for hydroxylation is 1. The molecule has 1 aromatic carbocycles. The number of hydrogen-bond donors (Lipinski definition) is 1. The number of benzene rings is 1. The Labute approximate surface area is 236 Å². The summed E-state index contributed by atoms with van der Waals surface area (Å²) < 4.78 is 18.2. The fourth-order valence-electron chi connectivity index (χ4n) is 4.10. The van der Waals surface area contributed by atoms with Gasteiger partial charge >= 0.3 is 0 Å². The average Bonchev–Trinajstić information content (AvgIpc) is 3.11. The molecular weight excluding hydrogens is 489 g/mol. The number of nitrogens with one attached hydrogen (secondary N) is 1. The Morgan fingerprint density at radius 3 is 2.59 bits per heavy atom. The van der Waals surface area contributed by atoms with Gasteiger partial charge in [0.2, 0.25) is 6.41 Å². The number of aliphatic imine (C=N–C) groups is 1. The topological polar surface area (TPSA) is 53.9 Å². The Balaban J connectivity index is 0.000000837. The van der Waals surface area contributed by atoms with Gasteiger partial charge in [-0.25, -0.2) is 4.39 Å². The Morgan fingerprint density at radius 1 is 1.31 bits per heavy atom. The van der Waals surface area contributed by atoms with E-state index in [-0.39, 0.29) is 5.41 Å². The van der Waals surface area contributed by atoms with Crippen LogP contribution in [-0.4, -0.2) is 50.3 Å². The second kappa shape index (κ2) is 22.7. The van der Waals surface area contributed by atoms with Gasteiger partial charge in [-0.2, -0.15) is 0 Å². The number of carbonyl (C=O) groups excluding carboxylic acids is 1. The summed E-state index contributed by atoms with van der Waals surface area (Å²) in [5, 5.41) is 2.43. The molecule has 0 radical (unpaired) electrons. The first-order chi connectivity index (χ1) is 18.8. The molecule has 0 saturated carbocycles. The van der Waals surface area contributed by atoms with Gasteiger partial charge in [-0.15, -0.1) is 5.73 Å². The van der Waals surface area contributed by atoms with Gasteiger partial charge in [0.05, 0.1) is 13.4 Å². The molecule has 0 spiro atoms. The predicted octanol–water partition coefficient (Wildman–Crippen LogP) is 7.76. The number of nitrogens with zero attached hydrogens (tertiary/aromatic N) is 2. The third-order valence-corrected chi connectivity index (χ3v) is 6.46. The van der Waals surface area contributed by atoms with Crippen LogP contribution < -0.4 is 10.1 Å². The summed E-state index contributed by atoms with van der Waals surface area (Å²) >= 11 is 0. The van der Waals surface area contributed by atoms with Gasteiger partial charge in [0.25, 0.3) is 0 Å². The summed E-state index contributed by atoms with van der Waals surface area (Å²) in [5.74, 6) is 0.956. The van der Waals surface area contributed by atoms with Crippen molar-refractivity contribution < 1.29 is 13.9 Å². The molecule has 0 bridgehead atoms. The van der Waals surface area contributed by atoms with Crippen molar-refractivity contribution in [2.24, 2.45) is 10.4 Å². The van der Waals surface area contributed by atoms with Crippen LogP contribution in [0.1, 0.15) is 65.4 Å². The molecular formula is C33H50FN3O2. The van der Waals surface area contributed by atoms with Gasteiger partial charge in [0.1, 0.15) is 5.75 Å². The number of methoxy groups -OCH3 is 1. The fraction of sp³-hybridized carbons (Fsp3) is 0.485. The van der Waals surface area contributed by atoms with Crippen molar-refractivity contribution in [1.29, 1.82) is 0 Å². The van der Waals surface area contributed by atoms with Crippen LogP contribution in [0.5, 0.6) is 5.75 Å². The smallest absolute Gasteiger partial charge is 0.207 e. The van der Waals surface area contributed by atoms with Crippen LogP contribution in [-0.2, 0) is 4.79 Å². The van der Waals surface area contributed by atoms with Crippen LogP contribution in [0.4, 0.5) is 4.39 Å². The first-order valence-corrected chi connectivity index (χ1v) is 13.7. The van der Waals surface area contributed by atoms with Crippen molar-refractivity contribution in [3.8, 4) is 5.75 Å². The summed E-state index contributed by atoms with van der Waals surface area (Å²) in [7, 11) is 1.68. The third kappa shape index (κ3) is 17.8. The molecule has 0 aromatic heterocycles. The zero-order valence-corrected chi connectivity index (χ0v) is 25.0. The lowest BCUT2D eigenvalue weighted by molar-refractivity contribution is -0.109. The SMILES string of the molecule is C=CN=C(C)CN1CCCC(C)(CC/C(C=C=C/C=C\C)=C\F)CC1.CCNC=O.COc1ccccc1C. The van der Waals surface area contributed by atoms with Crippen LogP contribution in [0.2, 0.25) is 0 Å². The van der Waals surface area contributed by atoms with Crippen molar-refractivity contribution in [1.82, 2.24) is 10.2 Å². The summed E-state index contributed by atoms with van der Waals surface area (Å²) in [6.07, 6.45) is 15.7. The first-order valence-electron chi connectivity index (χ1n) is 13.7. The number of para-hydroxylation sites is 1. The maximum atomic E-state index is 13.1. The van der Waals surface area contributed by atoms with E-state index in [4.69, 9.17) is 4.74 Å². The molecule has 1 aromatic rings. The minimum Gasteiger partial charge on any atom is -0.496 e. The van der Waals surface area contributed by atoms with Crippen molar-refractivity contribution in [3.05, 3.63) is 84.5 Å². The molecule has 1 unspecified atom stereocenters. The molecule has 5 nitrogen and oxygen atoms in total. The molecule has 0 aliphatic carbocycles. The highest BCUT2D eigenvalue weighted by Crippen LogP contribution is 2.36. The quantitative estimate of drug-likeness (QED) is 0.135. The van der Waals surface area contributed by atoms with Gasteiger partial charge in [-0.1, -0.05) is 43.9 Å². The molecule has 1 heterocycles. The van der Waals surface area contributed by atoms with E-state index >= 15 is 0 Å². The van der Waals surface area contributed by atoms with E-state index in [2.05, 4.69) is 41.4 Å². The van der Waals surface area contributed by atoms with Crippen LogP contribution in [0.3, 0.4) is 0 Å². The molecule has 1 aliphatic heterocycles. The van der Waals surface area contributed by atoms with E-state index in [0.29, 0.717) is 6.41 Å². The molecule has 39 heavy (non-hydrogen) atoms. The number of likely N-dealkylation sites (tertiary alicyclic amines) is 1. The third-order valence-electron chi connectivity index (χ3n) is 6.46. The second-order valence-corrected chi connectivity index (χ2v) is 9.82. The van der Waals surface area contributed by atoms with Crippen molar-refractivity contribution in [2.45, 2.75) is 66.7 Å². The Morgan fingerprint density at radius 2 is 2.05 bits per heavy atom. The van der Waals surface area contributed by atoms with Crippen molar-refractivity contribution >= 4 is 12.1 Å². The van der Waals surface area contributed by atoms with Gasteiger partial charge in [0, 0.05) is 25.0 Å². The lowest BCUT2D eigenvalue weighted by Gasteiger charge is -2.28. The molecule has 1 aliphatic rings. The molecule has 1 amide bonds. The average molecular weight is 540 g/mol. The van der Waals surface area contributed by atoms with E-state index < -0.39 is 0 Å². The van der Waals surface area contributed by atoms with Gasteiger partial charge < -0.3 is 10.1 Å². The van der Waals surface area contributed by atoms with Crippen LogP contribution in [0, 0.1) is 12.3 Å². The summed E-state index contributed by atoms with van der Waals surface area (Å²) in [6.45, 7) is 17.7. The first kappa shape index (κ1) is 35.8. The van der Waals surface area contributed by atoms with Crippen molar-refractivity contribution in [2.75, 3.05) is 33.3 Å². The van der Waals surface area contributed by atoms with Crippen LogP contribution in [0.25, 0.3) is 0 Å². The number of halogens is 1. The Kier molecular flexibility index (Phi) is 20.9. The fourth-order valence-corrected chi connectivity index (χ4v) is 4.10. The number of carbonyl (C=O) groups is 1. The van der Waals surface area contributed by atoms with Crippen LogP contribution in [0.15, 0.2) is 84.0 Å². The number of ether oxygens (including phenoxy) is 1. The monoisotopic (exact) mass is 539 g/mol. The maximum absolute atomic E-state index is 13.1. The standard InChI is InChI=1S/C22H33FN2.C8H10O.C3H7NO/c1-5-7-8-9-11-21(18-23)12-14-22(4)13-10-16-25(17-15-22)19-20(3)24-6-2;1-7-5-3-4-6-8(7)9-2;1-2-4-3-5/h5-8,11,18H,2,10,12-17,19H2,1,3-4H3;3-6H,1-2H3;3H,2H2,1H3,(H,4,5)/b7-5-,21-18-,24-20?;;. The molecule has 1 fully saturated rings. The predicted molar refractivity (Wildman–Crippen MR) is 165 cm³/mol. The van der Waals surface area contributed by atoms with E-state index in [1.54, 1.807) is 19.4 Å². The van der Waals surface area contributed by atoms with Gasteiger partial charge in [-0.05, 0) is 108 Å². The highest BCUT2D eigenvalue weighted by Gasteiger charge is 2.27. The lowest BCUT2D eigenvalue weighted by Crippen LogP contribution is -2.30.